The summed E-state index contributed by atoms with van der Waals surface area (Å²) in [5.41, 5.74) is 3.08. The number of thiophene rings is 1. The number of anilines is 1. The zero-order valence-electron chi connectivity index (χ0n) is 14.4. The fourth-order valence-electron chi connectivity index (χ4n) is 3.03. The second kappa shape index (κ2) is 8.55. The molecular formula is C20H22N2OS2. The van der Waals surface area contributed by atoms with E-state index in [2.05, 4.69) is 23.5 Å². The molecule has 0 fully saturated rings. The summed E-state index contributed by atoms with van der Waals surface area (Å²) in [5.74, 6) is 0.787. The molecule has 0 saturated carbocycles. The Kier molecular flexibility index (Phi) is 6.17. The molecule has 0 spiro atoms. The van der Waals surface area contributed by atoms with E-state index in [1.807, 2.05) is 25.1 Å². The Morgan fingerprint density at radius 1 is 1.28 bits per heavy atom. The smallest absolute Gasteiger partial charge is 0.237 e. The lowest BCUT2D eigenvalue weighted by Gasteiger charge is -2.11. The summed E-state index contributed by atoms with van der Waals surface area (Å²) in [7, 11) is 0. The van der Waals surface area contributed by atoms with Crippen molar-refractivity contribution in [3.05, 3.63) is 51.9 Å². The minimum atomic E-state index is -0.159. The van der Waals surface area contributed by atoms with Crippen molar-refractivity contribution in [2.45, 2.75) is 50.0 Å². The molecule has 1 N–H and O–H groups in total. The van der Waals surface area contributed by atoms with Gasteiger partial charge < -0.3 is 5.32 Å². The van der Waals surface area contributed by atoms with E-state index >= 15 is 0 Å². The van der Waals surface area contributed by atoms with Crippen LogP contribution in [0.4, 0.5) is 5.00 Å². The number of fused-ring (bicyclic) bond motifs is 1. The van der Waals surface area contributed by atoms with Crippen LogP contribution in [-0.4, -0.2) is 11.2 Å². The van der Waals surface area contributed by atoms with Gasteiger partial charge in [0.2, 0.25) is 5.91 Å². The predicted octanol–water partition coefficient (Wildman–Crippen LogP) is 5.15. The summed E-state index contributed by atoms with van der Waals surface area (Å²) in [6.07, 6.45) is 5.52. The molecule has 25 heavy (non-hydrogen) atoms. The number of carbonyl (C=O) groups is 1. The van der Waals surface area contributed by atoms with E-state index in [4.69, 9.17) is 0 Å². The lowest BCUT2D eigenvalue weighted by Crippen LogP contribution is -2.22. The van der Waals surface area contributed by atoms with Crippen LogP contribution in [0, 0.1) is 11.3 Å². The number of nitrogens with zero attached hydrogens (tertiary/aromatic N) is 1. The third-order valence-electron chi connectivity index (χ3n) is 4.48. The molecule has 1 aliphatic rings. The number of hydrogen-bond acceptors (Lipinski definition) is 4. The molecule has 0 unspecified atom stereocenters. The van der Waals surface area contributed by atoms with Crippen molar-refractivity contribution >= 4 is 34.0 Å². The maximum Gasteiger partial charge on any atom is 0.237 e. The molecule has 3 nitrogen and oxygen atoms in total. The Morgan fingerprint density at radius 3 is 2.80 bits per heavy atom. The van der Waals surface area contributed by atoms with Crippen LogP contribution in [0.1, 0.15) is 47.8 Å². The maximum atomic E-state index is 12.5. The first kappa shape index (κ1) is 18.0. The molecule has 3 rings (SSSR count). The Bertz CT molecular complexity index is 777. The number of aryl methyl sites for hydroxylation is 1. The summed E-state index contributed by atoms with van der Waals surface area (Å²) < 4.78 is 0. The zero-order valence-corrected chi connectivity index (χ0v) is 16.0. The second-order valence-corrected chi connectivity index (χ2v) is 8.74. The molecule has 130 valence electrons. The molecule has 1 heterocycles. The zero-order chi connectivity index (χ0) is 17.6. The van der Waals surface area contributed by atoms with Gasteiger partial charge in [-0.3, -0.25) is 4.79 Å². The van der Waals surface area contributed by atoms with E-state index in [-0.39, 0.29) is 11.2 Å². The second-order valence-electron chi connectivity index (χ2n) is 6.31. The number of rotatable bonds is 5. The van der Waals surface area contributed by atoms with E-state index < -0.39 is 0 Å². The lowest BCUT2D eigenvalue weighted by atomic mass is 10.1. The predicted molar refractivity (Wildman–Crippen MR) is 106 cm³/mol. The monoisotopic (exact) mass is 370 g/mol. The third-order valence-corrected chi connectivity index (χ3v) is 6.90. The number of nitrogens with one attached hydrogen (secondary N) is 1. The van der Waals surface area contributed by atoms with Crippen LogP contribution in [0.25, 0.3) is 0 Å². The number of nitriles is 1. The van der Waals surface area contributed by atoms with Crippen molar-refractivity contribution in [3.63, 3.8) is 0 Å². The van der Waals surface area contributed by atoms with Crippen molar-refractivity contribution in [2.75, 3.05) is 5.32 Å². The maximum absolute atomic E-state index is 12.5. The van der Waals surface area contributed by atoms with Gasteiger partial charge in [0.15, 0.2) is 0 Å². The summed E-state index contributed by atoms with van der Waals surface area (Å²) in [6, 6.07) is 12.5. The molecular weight excluding hydrogens is 348 g/mol. The summed E-state index contributed by atoms with van der Waals surface area (Å²) in [4.78, 5) is 13.8. The molecule has 2 aromatic rings. The van der Waals surface area contributed by atoms with Gasteiger partial charge in [-0.25, -0.2) is 0 Å². The average molecular weight is 371 g/mol. The highest BCUT2D eigenvalue weighted by Crippen LogP contribution is 2.37. The third kappa shape index (κ3) is 4.45. The van der Waals surface area contributed by atoms with Gasteiger partial charge in [-0.15, -0.1) is 23.1 Å². The fraction of sp³-hybridized carbons (Fsp3) is 0.400. The first-order chi connectivity index (χ1) is 12.2. The van der Waals surface area contributed by atoms with Crippen LogP contribution in [0.5, 0.6) is 0 Å². The van der Waals surface area contributed by atoms with E-state index in [0.29, 0.717) is 5.56 Å². The standard InChI is InChI=1S/C20H22N2OS2/c1-14(24-13-15-8-4-2-5-9-15)19(23)22-20-17(12-21)16-10-6-3-7-11-18(16)25-20/h2,4-5,8-9,14H,3,6-7,10-11,13H2,1H3,(H,22,23)/t14-/m1/s1. The highest BCUT2D eigenvalue weighted by Gasteiger charge is 2.22. The van der Waals surface area contributed by atoms with Crippen LogP contribution < -0.4 is 5.32 Å². The Labute approximate surface area is 157 Å². The van der Waals surface area contributed by atoms with Gasteiger partial charge in [0.05, 0.1) is 10.8 Å². The first-order valence-corrected chi connectivity index (χ1v) is 10.6. The van der Waals surface area contributed by atoms with Gasteiger partial charge in [0.1, 0.15) is 11.1 Å². The van der Waals surface area contributed by atoms with Crippen LogP contribution in [-0.2, 0) is 23.4 Å². The largest absolute Gasteiger partial charge is 0.316 e. The van der Waals surface area contributed by atoms with E-state index in [0.717, 1.165) is 30.0 Å². The minimum absolute atomic E-state index is 0.0196. The van der Waals surface area contributed by atoms with Crippen LogP contribution in [0.15, 0.2) is 30.3 Å². The van der Waals surface area contributed by atoms with Crippen LogP contribution in [0.3, 0.4) is 0 Å². The molecule has 5 heteroatoms. The topological polar surface area (TPSA) is 52.9 Å². The molecule has 1 amide bonds. The van der Waals surface area contributed by atoms with Crippen molar-refractivity contribution < 1.29 is 4.79 Å². The number of carbonyl (C=O) groups excluding carboxylic acids is 1. The molecule has 0 aliphatic heterocycles. The highest BCUT2D eigenvalue weighted by molar-refractivity contribution is 7.99. The molecule has 1 aliphatic carbocycles. The number of amides is 1. The Hall–Kier alpha value is -1.77. The summed E-state index contributed by atoms with van der Waals surface area (Å²) in [5, 5.41) is 13.2. The minimum Gasteiger partial charge on any atom is -0.316 e. The number of thioether (sulfide) groups is 1. The normalized spacial score (nSPS) is 14.9. The molecule has 0 saturated heterocycles. The van der Waals surface area contributed by atoms with Crippen molar-refractivity contribution in [3.8, 4) is 6.07 Å². The molecule has 1 aromatic carbocycles. The van der Waals surface area contributed by atoms with E-state index in [1.165, 1.54) is 28.8 Å². The number of benzene rings is 1. The number of hydrogen-bond donors (Lipinski definition) is 1. The molecule has 1 atom stereocenters. The summed E-state index contributed by atoms with van der Waals surface area (Å²) >= 11 is 3.21. The van der Waals surface area contributed by atoms with Gasteiger partial charge in [0.25, 0.3) is 0 Å². The van der Waals surface area contributed by atoms with Crippen molar-refractivity contribution in [2.24, 2.45) is 0 Å². The van der Waals surface area contributed by atoms with Gasteiger partial charge in [-0.1, -0.05) is 36.8 Å². The van der Waals surface area contributed by atoms with Crippen LogP contribution >= 0.6 is 23.1 Å². The highest BCUT2D eigenvalue weighted by atomic mass is 32.2. The van der Waals surface area contributed by atoms with Crippen LogP contribution in [0.2, 0.25) is 0 Å². The average Bonchev–Trinajstić information content (AvgIpc) is 2.79. The molecule has 0 bridgehead atoms. The SMILES string of the molecule is C[C@@H](SCc1ccccc1)C(=O)Nc1sc2c(c1C#N)CCCCC2. The van der Waals surface area contributed by atoms with Gasteiger partial charge in [0, 0.05) is 10.6 Å². The van der Waals surface area contributed by atoms with Gasteiger partial charge in [-0.2, -0.15) is 5.26 Å². The molecule has 1 aromatic heterocycles. The van der Waals surface area contributed by atoms with Gasteiger partial charge >= 0.3 is 0 Å². The quantitative estimate of drug-likeness (QED) is 0.741. The van der Waals surface area contributed by atoms with E-state index in [9.17, 15) is 10.1 Å². The fourth-order valence-corrected chi connectivity index (χ4v) is 5.12. The van der Waals surface area contributed by atoms with Gasteiger partial charge in [-0.05, 0) is 43.7 Å². The lowest BCUT2D eigenvalue weighted by molar-refractivity contribution is -0.115. The first-order valence-electron chi connectivity index (χ1n) is 8.70. The Morgan fingerprint density at radius 2 is 2.04 bits per heavy atom. The van der Waals surface area contributed by atoms with Crippen molar-refractivity contribution in [1.29, 1.82) is 5.26 Å². The Balaban J connectivity index is 1.65. The summed E-state index contributed by atoms with van der Waals surface area (Å²) in [6.45, 7) is 1.92. The molecule has 0 radical (unpaired) electrons. The van der Waals surface area contributed by atoms with Crippen molar-refractivity contribution in [1.82, 2.24) is 0 Å². The van der Waals surface area contributed by atoms with E-state index in [1.54, 1.807) is 23.1 Å².